The van der Waals surface area contributed by atoms with Crippen LogP contribution in [0, 0.1) is 0 Å². The van der Waals surface area contributed by atoms with E-state index >= 15 is 0 Å². The van der Waals surface area contributed by atoms with Gasteiger partial charge in [0.05, 0.1) is 33.8 Å². The molecule has 0 saturated carbocycles. The Morgan fingerprint density at radius 2 is 0.841 bits per heavy atom. The average molecular weight is 1160 g/mol. The molecule has 0 saturated heterocycles. The van der Waals surface area contributed by atoms with Gasteiger partial charge >= 0.3 is 13.8 Å². The molecule has 3 atom stereocenters. The van der Waals surface area contributed by atoms with Gasteiger partial charge in [-0.05, 0) is 102 Å². The Balaban J connectivity index is 5.24. The summed E-state index contributed by atoms with van der Waals surface area (Å²) in [5.74, 6) is -0.578. The van der Waals surface area contributed by atoms with Gasteiger partial charge in [-0.1, -0.05) is 275 Å². The summed E-state index contributed by atoms with van der Waals surface area (Å²) in [4.78, 5) is 37.8. The van der Waals surface area contributed by atoms with Crippen molar-refractivity contribution in [2.45, 2.75) is 245 Å². The molecule has 0 spiro atoms. The molecule has 0 bridgehead atoms. The molecule has 1 amide bonds. The first kappa shape index (κ1) is 77.6. The molecule has 0 aliphatic carbocycles. The van der Waals surface area contributed by atoms with Crippen molar-refractivity contribution in [2.24, 2.45) is 0 Å². The van der Waals surface area contributed by atoms with Gasteiger partial charge in [-0.2, -0.15) is 0 Å². The highest BCUT2D eigenvalue weighted by Gasteiger charge is 2.30. The summed E-state index contributed by atoms with van der Waals surface area (Å²) in [6.07, 6.45) is 88.2. The Kier molecular flexibility index (Phi) is 56.6. The van der Waals surface area contributed by atoms with E-state index in [9.17, 15) is 19.0 Å². The molecule has 0 aliphatic rings. The van der Waals surface area contributed by atoms with Crippen molar-refractivity contribution in [2.75, 3.05) is 40.9 Å². The number of nitrogens with zero attached hydrogens (tertiary/aromatic N) is 1. The Morgan fingerprint density at radius 1 is 0.451 bits per heavy atom. The second-order valence-corrected chi connectivity index (χ2v) is 23.8. The van der Waals surface area contributed by atoms with Crippen molar-refractivity contribution in [1.29, 1.82) is 0 Å². The van der Waals surface area contributed by atoms with Crippen molar-refractivity contribution in [3.63, 3.8) is 0 Å². The smallest absolute Gasteiger partial charge is 0.456 e. The van der Waals surface area contributed by atoms with Gasteiger partial charge in [0.2, 0.25) is 5.91 Å². The predicted octanol–water partition coefficient (Wildman–Crippen LogP) is 20.4. The van der Waals surface area contributed by atoms with E-state index in [1.165, 1.54) is 77.0 Å². The minimum absolute atomic E-state index is 0.0201. The number of quaternary nitrogens is 1. The summed E-state index contributed by atoms with van der Waals surface area (Å²) in [5.41, 5.74) is 0. The first-order valence-electron chi connectivity index (χ1n) is 32.4. The number of nitrogens with one attached hydrogen (secondary N) is 1. The number of allylic oxidation sites excluding steroid dienone is 25. The highest BCUT2D eigenvalue weighted by atomic mass is 31.2. The summed E-state index contributed by atoms with van der Waals surface area (Å²) < 4.78 is 30.7. The molecule has 0 rings (SSSR count). The van der Waals surface area contributed by atoms with Crippen molar-refractivity contribution in [3.8, 4) is 0 Å². The minimum Gasteiger partial charge on any atom is -0.456 e. The minimum atomic E-state index is -4.48. The van der Waals surface area contributed by atoms with E-state index < -0.39 is 20.0 Å². The standard InChI is InChI=1S/C72H119N2O7P/c1-7-10-13-16-19-22-25-28-30-32-33-34-35-36-37-38-39-40-41-43-45-47-50-53-56-59-62-65-72(76)81-70(63-60-57-54-51-48-27-24-21-18-15-12-9-3)69(68-80-82(77,78)79-67-66-74(4,5)6)73-71(75)64-61-58-55-52-49-46-44-42-31-29-26-23-20-17-14-11-8-2/h10-11,13-14,17,19-20,22-23,26,28-31,33-34,36-37,39-40,42,44,46,49,60,63,69-70H,7-9,12,15-16,18,21,24-25,27,32,35,38,41,43,45,47-48,50-59,61-62,64-68H2,1-6H3,(H-,73,75,77,78)/p+1/b13-10-,14-11-,20-17+,22-19-,26-23+,30-28-,31-29-,34-33-,37-36-,40-39-,44-42+,49-46+,63-60-. The van der Waals surface area contributed by atoms with Crippen LogP contribution in [0.1, 0.15) is 233 Å². The fraction of sp³-hybridized carbons (Fsp3) is 0.611. The Labute approximate surface area is 503 Å². The number of rotatable bonds is 56. The maximum absolute atomic E-state index is 13.5. The number of hydrogen-bond acceptors (Lipinski definition) is 6. The number of phosphoric ester groups is 1. The maximum Gasteiger partial charge on any atom is 0.472 e. The van der Waals surface area contributed by atoms with Crippen LogP contribution in [0.5, 0.6) is 0 Å². The number of phosphoric acid groups is 1. The summed E-state index contributed by atoms with van der Waals surface area (Å²) in [6, 6.07) is -0.888. The van der Waals surface area contributed by atoms with Crippen molar-refractivity contribution in [3.05, 3.63) is 158 Å². The monoisotopic (exact) mass is 1160 g/mol. The van der Waals surface area contributed by atoms with Gasteiger partial charge in [-0.25, -0.2) is 4.57 Å². The van der Waals surface area contributed by atoms with Crippen LogP contribution in [0.3, 0.4) is 0 Å². The van der Waals surface area contributed by atoms with Gasteiger partial charge in [0.1, 0.15) is 19.3 Å². The molecule has 464 valence electrons. The van der Waals surface area contributed by atoms with Crippen LogP contribution in [0.2, 0.25) is 0 Å². The molecule has 0 radical (unpaired) electrons. The number of likely N-dealkylation sites (N-methyl/N-ethyl adjacent to an activating group) is 1. The van der Waals surface area contributed by atoms with Crippen LogP contribution in [0.15, 0.2) is 158 Å². The van der Waals surface area contributed by atoms with Gasteiger partial charge < -0.3 is 19.4 Å². The predicted molar refractivity (Wildman–Crippen MR) is 355 cm³/mol. The number of carbonyl (C=O) groups excluding carboxylic acids is 2. The third-order valence-corrected chi connectivity index (χ3v) is 14.4. The number of hydrogen-bond donors (Lipinski definition) is 2. The van der Waals surface area contributed by atoms with Crippen LogP contribution in [0.25, 0.3) is 0 Å². The van der Waals surface area contributed by atoms with E-state index in [0.717, 1.165) is 109 Å². The molecule has 0 heterocycles. The molecule has 3 unspecified atom stereocenters. The van der Waals surface area contributed by atoms with Gasteiger partial charge in [-0.15, -0.1) is 0 Å². The average Bonchev–Trinajstić information content (AvgIpc) is 3.44. The zero-order valence-corrected chi connectivity index (χ0v) is 53.8. The van der Waals surface area contributed by atoms with Crippen LogP contribution >= 0.6 is 7.82 Å². The van der Waals surface area contributed by atoms with Gasteiger partial charge in [0.25, 0.3) is 0 Å². The van der Waals surface area contributed by atoms with E-state index in [-0.39, 0.29) is 37.9 Å². The summed E-state index contributed by atoms with van der Waals surface area (Å²) in [5, 5.41) is 3.03. The second kappa shape index (κ2) is 59.8. The molecule has 9 nitrogen and oxygen atoms in total. The zero-order chi connectivity index (χ0) is 60.0. The van der Waals surface area contributed by atoms with E-state index in [2.05, 4.69) is 111 Å². The molecule has 82 heavy (non-hydrogen) atoms. The normalized spacial score (nSPS) is 14.7. The third kappa shape index (κ3) is 60.2. The van der Waals surface area contributed by atoms with Crippen LogP contribution in [-0.4, -0.2) is 74.3 Å². The van der Waals surface area contributed by atoms with E-state index in [1.54, 1.807) is 0 Å². The molecular formula is C72H120N2O7P+. The number of ether oxygens (including phenoxy) is 1. The molecule has 0 aromatic carbocycles. The summed E-state index contributed by atoms with van der Waals surface area (Å²) >= 11 is 0. The topological polar surface area (TPSA) is 111 Å². The van der Waals surface area contributed by atoms with Crippen LogP contribution in [0.4, 0.5) is 0 Å². The molecule has 2 N–H and O–H groups in total. The fourth-order valence-corrected chi connectivity index (χ4v) is 9.18. The Bertz CT molecular complexity index is 1960. The molecule has 0 fully saturated rings. The first-order valence-corrected chi connectivity index (χ1v) is 33.9. The highest BCUT2D eigenvalue weighted by molar-refractivity contribution is 7.47. The van der Waals surface area contributed by atoms with Crippen LogP contribution < -0.4 is 5.32 Å². The number of amides is 1. The SMILES string of the molecule is CC\C=C/C=C/C=C/C=C\C=C\C=C\CCCCCC(=O)NC(COP(=O)(O)OCC[N+](C)(C)C)C(/C=C\CCCCCCCCCCCC)OC(=O)CCCCCCCCCC/C=C\C/C=C\C/C=C\C/C=C\C/C=C\C/C=C\CC. The lowest BCUT2D eigenvalue weighted by Gasteiger charge is -2.27. The third-order valence-electron chi connectivity index (χ3n) is 13.4. The van der Waals surface area contributed by atoms with Crippen molar-refractivity contribution >= 4 is 19.7 Å². The summed E-state index contributed by atoms with van der Waals surface area (Å²) in [7, 11) is 1.43. The molecular weight excluding hydrogens is 1040 g/mol. The molecule has 10 heteroatoms. The number of carbonyl (C=O) groups is 2. The number of esters is 1. The first-order chi connectivity index (χ1) is 39.9. The lowest BCUT2D eigenvalue weighted by molar-refractivity contribution is -0.870. The molecule has 0 aromatic heterocycles. The van der Waals surface area contributed by atoms with E-state index in [0.29, 0.717) is 23.9 Å². The van der Waals surface area contributed by atoms with Gasteiger partial charge in [0, 0.05) is 12.8 Å². The lowest BCUT2D eigenvalue weighted by atomic mass is 10.0. The van der Waals surface area contributed by atoms with Gasteiger partial charge in [0.15, 0.2) is 0 Å². The second-order valence-electron chi connectivity index (χ2n) is 22.3. The van der Waals surface area contributed by atoms with Crippen molar-refractivity contribution < 1.29 is 37.3 Å². The quantitative estimate of drug-likeness (QED) is 0.0156. The van der Waals surface area contributed by atoms with Gasteiger partial charge in [-0.3, -0.25) is 18.6 Å². The molecule has 0 aromatic rings. The van der Waals surface area contributed by atoms with Crippen LogP contribution in [-0.2, 0) is 27.9 Å². The van der Waals surface area contributed by atoms with Crippen molar-refractivity contribution in [1.82, 2.24) is 5.32 Å². The zero-order valence-electron chi connectivity index (χ0n) is 52.9. The Morgan fingerprint density at radius 3 is 1.33 bits per heavy atom. The fourth-order valence-electron chi connectivity index (χ4n) is 8.44. The summed E-state index contributed by atoms with van der Waals surface area (Å²) in [6.45, 7) is 6.69. The maximum atomic E-state index is 13.5. The van der Waals surface area contributed by atoms with E-state index in [1.807, 2.05) is 94.1 Å². The largest absolute Gasteiger partial charge is 0.472 e. The highest BCUT2D eigenvalue weighted by Crippen LogP contribution is 2.43. The van der Waals surface area contributed by atoms with E-state index in [4.69, 9.17) is 13.8 Å². The molecule has 0 aliphatic heterocycles. The number of unbranched alkanes of at least 4 members (excludes halogenated alkanes) is 21. The lowest BCUT2D eigenvalue weighted by Crippen LogP contribution is -2.47. The Hall–Kier alpha value is -4.37.